The summed E-state index contributed by atoms with van der Waals surface area (Å²) in [5.74, 6) is -0.499. The number of carbonyl (C=O) groups is 2. The quantitative estimate of drug-likeness (QED) is 0.278. The number of aliphatic hydroxyl groups excluding tert-OH is 1. The van der Waals surface area contributed by atoms with Crippen LogP contribution in [0.4, 0.5) is 9.18 Å². The fourth-order valence-electron chi connectivity index (χ4n) is 3.87. The molecular weight excluding hydrogens is 431 g/mol. The van der Waals surface area contributed by atoms with Gasteiger partial charge >= 0.3 is 12.1 Å². The molecule has 0 bridgehead atoms. The molecule has 1 saturated carbocycles. The van der Waals surface area contributed by atoms with E-state index in [9.17, 15) is 19.1 Å². The minimum atomic E-state index is -1.06. The Balaban J connectivity index is 1.51. The zero-order chi connectivity index (χ0) is 21.6. The van der Waals surface area contributed by atoms with Crippen LogP contribution < -0.4 is 0 Å². The fraction of sp³-hybridized carbons (Fsp3) is 0.650. The number of thioether (sulfide) groups is 1. The molecule has 0 spiro atoms. The molecule has 1 aliphatic carbocycles. The summed E-state index contributed by atoms with van der Waals surface area (Å²) in [5, 5.41) is 21.1. The molecule has 2 N–H and O–H groups in total. The molecule has 10 heteroatoms. The minimum absolute atomic E-state index is 0.0225. The normalized spacial score (nSPS) is 21.6. The van der Waals surface area contributed by atoms with E-state index in [1.165, 1.54) is 28.5 Å². The number of aromatic carboxylic acids is 1. The number of hydrogen-bond acceptors (Lipinski definition) is 7. The summed E-state index contributed by atoms with van der Waals surface area (Å²) in [7, 11) is 0. The molecule has 30 heavy (non-hydrogen) atoms. The van der Waals surface area contributed by atoms with Crippen LogP contribution in [0.5, 0.6) is 0 Å². The van der Waals surface area contributed by atoms with Crippen LogP contribution in [-0.2, 0) is 4.74 Å². The summed E-state index contributed by atoms with van der Waals surface area (Å²) in [6.45, 7) is 0.343. The molecule has 0 aromatic carbocycles. The van der Waals surface area contributed by atoms with Gasteiger partial charge in [0, 0.05) is 17.7 Å². The Bertz CT molecular complexity index is 768. The average molecular weight is 459 g/mol. The highest BCUT2D eigenvalue weighted by atomic mass is 32.2. The summed E-state index contributed by atoms with van der Waals surface area (Å²) < 4.78 is 18.2. The van der Waals surface area contributed by atoms with Crippen molar-refractivity contribution in [2.24, 2.45) is 5.41 Å². The number of thiazole rings is 1. The number of carbonyl (C=O) groups excluding carboxylic acids is 1. The van der Waals surface area contributed by atoms with Crippen molar-refractivity contribution in [2.45, 2.75) is 55.0 Å². The SMILES string of the molecule is O=C(O)c1csc(SCCN2C(=O)OC[C@@H]2C=C[C@H](O)C2(CCCCF)CCC2)n1. The lowest BCUT2D eigenvalue weighted by molar-refractivity contribution is -0.0147. The molecule has 7 nitrogen and oxygen atoms in total. The van der Waals surface area contributed by atoms with E-state index in [4.69, 9.17) is 9.84 Å². The maximum atomic E-state index is 12.4. The second kappa shape index (κ2) is 10.6. The third-order valence-electron chi connectivity index (χ3n) is 5.82. The second-order valence-electron chi connectivity index (χ2n) is 7.68. The van der Waals surface area contributed by atoms with E-state index in [1.807, 2.05) is 6.08 Å². The van der Waals surface area contributed by atoms with E-state index < -0.39 is 18.2 Å². The van der Waals surface area contributed by atoms with E-state index >= 15 is 0 Å². The highest BCUT2D eigenvalue weighted by Gasteiger charge is 2.42. The van der Waals surface area contributed by atoms with E-state index in [-0.39, 0.29) is 30.4 Å². The first kappa shape index (κ1) is 23.0. The largest absolute Gasteiger partial charge is 0.476 e. The van der Waals surface area contributed by atoms with Gasteiger partial charge in [-0.15, -0.1) is 11.3 Å². The van der Waals surface area contributed by atoms with Crippen LogP contribution in [0.3, 0.4) is 0 Å². The van der Waals surface area contributed by atoms with Crippen molar-refractivity contribution in [1.29, 1.82) is 0 Å². The van der Waals surface area contributed by atoms with Crippen LogP contribution >= 0.6 is 23.1 Å². The Morgan fingerprint density at radius 2 is 2.30 bits per heavy atom. The van der Waals surface area contributed by atoms with Gasteiger partial charge in [0.05, 0.1) is 18.8 Å². The highest BCUT2D eigenvalue weighted by molar-refractivity contribution is 8.01. The molecule has 1 aromatic rings. The number of carboxylic acid groups (broad SMARTS) is 1. The maximum absolute atomic E-state index is 12.4. The van der Waals surface area contributed by atoms with E-state index in [1.54, 1.807) is 11.0 Å². The van der Waals surface area contributed by atoms with Gasteiger partial charge in [-0.05, 0) is 31.1 Å². The van der Waals surface area contributed by atoms with Gasteiger partial charge < -0.3 is 14.9 Å². The number of nitrogens with zero attached hydrogens (tertiary/aromatic N) is 2. The van der Waals surface area contributed by atoms with Crippen molar-refractivity contribution >= 4 is 35.2 Å². The van der Waals surface area contributed by atoms with Crippen molar-refractivity contribution in [3.8, 4) is 0 Å². The highest BCUT2D eigenvalue weighted by Crippen LogP contribution is 2.48. The van der Waals surface area contributed by atoms with Gasteiger partial charge in [-0.1, -0.05) is 36.8 Å². The Kier molecular flexibility index (Phi) is 8.13. The number of unbranched alkanes of at least 4 members (excludes halogenated alkanes) is 1. The number of carboxylic acids is 1. The van der Waals surface area contributed by atoms with Crippen LogP contribution in [-0.4, -0.2) is 69.9 Å². The van der Waals surface area contributed by atoms with Crippen LogP contribution in [0.15, 0.2) is 21.9 Å². The summed E-state index contributed by atoms with van der Waals surface area (Å²) in [5.41, 5.74) is -0.142. The number of cyclic esters (lactones) is 1. The number of hydrogen-bond donors (Lipinski definition) is 2. The molecule has 2 heterocycles. The summed E-state index contributed by atoms with van der Waals surface area (Å²) >= 11 is 2.65. The number of ether oxygens (including phenoxy) is 1. The van der Waals surface area contributed by atoms with Crippen LogP contribution in [0.1, 0.15) is 49.0 Å². The number of halogens is 1. The van der Waals surface area contributed by atoms with Gasteiger partial charge in [-0.25, -0.2) is 14.6 Å². The molecule has 3 rings (SSSR count). The Hall–Kier alpha value is -1.65. The van der Waals surface area contributed by atoms with Crippen LogP contribution in [0.2, 0.25) is 0 Å². The van der Waals surface area contributed by atoms with Gasteiger partial charge in [-0.3, -0.25) is 9.29 Å². The molecule has 2 aliphatic rings. The first-order valence-electron chi connectivity index (χ1n) is 10.1. The lowest BCUT2D eigenvalue weighted by Crippen LogP contribution is -2.41. The molecule has 2 fully saturated rings. The third kappa shape index (κ3) is 5.53. The van der Waals surface area contributed by atoms with Gasteiger partial charge in [0.1, 0.15) is 6.61 Å². The number of alkyl halides is 1. The predicted molar refractivity (Wildman–Crippen MR) is 113 cm³/mol. The number of amides is 1. The maximum Gasteiger partial charge on any atom is 0.410 e. The molecule has 1 amide bonds. The smallest absolute Gasteiger partial charge is 0.410 e. The predicted octanol–water partition coefficient (Wildman–Crippen LogP) is 3.98. The Labute approximate surface area is 183 Å². The number of aliphatic hydroxyl groups is 1. The molecule has 2 atom stereocenters. The summed E-state index contributed by atoms with van der Waals surface area (Å²) in [6, 6.07) is -0.249. The van der Waals surface area contributed by atoms with Crippen molar-refractivity contribution < 1.29 is 28.9 Å². The standard InChI is InChI=1S/C20H27FN2O5S2/c21-9-2-1-6-20(7-3-8-20)16(24)5-4-14-12-28-19(27)23(14)10-11-29-18-22-15(13-30-18)17(25)26/h4-5,13-14,16,24H,1-3,6-12H2,(H,25,26)/t14-,16-/m0/s1. The third-order valence-corrected chi connectivity index (χ3v) is 7.82. The average Bonchev–Trinajstić information content (AvgIpc) is 3.30. The van der Waals surface area contributed by atoms with Crippen molar-refractivity contribution in [2.75, 3.05) is 25.6 Å². The molecule has 166 valence electrons. The van der Waals surface area contributed by atoms with Gasteiger partial charge in [0.2, 0.25) is 0 Å². The lowest BCUT2D eigenvalue weighted by Gasteiger charge is -2.45. The van der Waals surface area contributed by atoms with Crippen molar-refractivity contribution in [1.82, 2.24) is 9.88 Å². The lowest BCUT2D eigenvalue weighted by atomic mass is 9.62. The first-order chi connectivity index (χ1) is 14.4. The number of aromatic nitrogens is 1. The fourth-order valence-corrected chi connectivity index (χ4v) is 5.68. The van der Waals surface area contributed by atoms with Crippen LogP contribution in [0.25, 0.3) is 0 Å². The van der Waals surface area contributed by atoms with Gasteiger partial charge in [0.25, 0.3) is 0 Å². The van der Waals surface area contributed by atoms with Crippen LogP contribution in [0, 0.1) is 5.41 Å². The minimum Gasteiger partial charge on any atom is -0.476 e. The van der Waals surface area contributed by atoms with Crippen molar-refractivity contribution in [3.63, 3.8) is 0 Å². The molecule has 0 radical (unpaired) electrons. The molecule has 1 aliphatic heterocycles. The van der Waals surface area contributed by atoms with Gasteiger partial charge in [-0.2, -0.15) is 0 Å². The molecular formula is C20H27FN2O5S2. The summed E-state index contributed by atoms with van der Waals surface area (Å²) in [4.78, 5) is 28.6. The zero-order valence-corrected chi connectivity index (χ0v) is 18.3. The Morgan fingerprint density at radius 3 is 2.93 bits per heavy atom. The van der Waals surface area contributed by atoms with E-state index in [0.29, 0.717) is 23.1 Å². The zero-order valence-electron chi connectivity index (χ0n) is 16.7. The molecule has 0 unspecified atom stereocenters. The Morgan fingerprint density at radius 1 is 1.50 bits per heavy atom. The summed E-state index contributed by atoms with van der Waals surface area (Å²) in [6.07, 6.45) is 7.67. The first-order valence-corrected chi connectivity index (χ1v) is 12.0. The molecule has 1 aromatic heterocycles. The number of rotatable bonds is 12. The monoisotopic (exact) mass is 458 g/mol. The topological polar surface area (TPSA) is 100.0 Å². The van der Waals surface area contributed by atoms with E-state index in [0.717, 1.165) is 32.1 Å². The van der Waals surface area contributed by atoms with Gasteiger partial charge in [0.15, 0.2) is 10.0 Å². The van der Waals surface area contributed by atoms with E-state index in [2.05, 4.69) is 4.98 Å². The van der Waals surface area contributed by atoms with Crippen molar-refractivity contribution in [3.05, 3.63) is 23.2 Å². The molecule has 1 saturated heterocycles. The second-order valence-corrected chi connectivity index (χ2v) is 9.88.